The Kier molecular flexibility index (Phi) is 18.3. The van der Waals surface area contributed by atoms with Crippen molar-refractivity contribution in [1.82, 2.24) is 25.3 Å². The summed E-state index contributed by atoms with van der Waals surface area (Å²) in [6.45, 7) is 28.2. The minimum absolute atomic E-state index is 0.0399. The number of nitrogens with one attached hydrogen (secondary N) is 2. The summed E-state index contributed by atoms with van der Waals surface area (Å²) >= 11 is 0. The third-order valence-electron chi connectivity index (χ3n) is 14.2. The Hall–Kier alpha value is -5.74. The first-order valence-electron chi connectivity index (χ1n) is 26.0. The maximum Gasteiger partial charge on any atom is 0.408 e. The van der Waals surface area contributed by atoms with E-state index in [2.05, 4.69) is 108 Å². The van der Waals surface area contributed by atoms with Crippen LogP contribution >= 0.6 is 0 Å². The van der Waals surface area contributed by atoms with Crippen LogP contribution in [0.15, 0.2) is 79.0 Å². The molecule has 0 unspecified atom stereocenters. The van der Waals surface area contributed by atoms with Crippen LogP contribution in [-0.4, -0.2) is 89.0 Å². The van der Waals surface area contributed by atoms with Crippen molar-refractivity contribution in [2.45, 2.75) is 169 Å². The predicted octanol–water partition coefficient (Wildman–Crippen LogP) is 11.8. The zero-order valence-corrected chi connectivity index (χ0v) is 46.7. The van der Waals surface area contributed by atoms with Gasteiger partial charge in [-0.2, -0.15) is 0 Å². The maximum absolute atomic E-state index is 14.6. The van der Waals surface area contributed by atoms with E-state index in [9.17, 15) is 24.6 Å². The number of fused-ring (bicyclic) bond motifs is 1. The first-order valence-corrected chi connectivity index (χ1v) is 28.1. The summed E-state index contributed by atoms with van der Waals surface area (Å²) in [4.78, 5) is 45.2. The lowest BCUT2D eigenvalue weighted by atomic mass is 9.84. The van der Waals surface area contributed by atoms with E-state index in [4.69, 9.17) is 23.6 Å². The second-order valence-corrected chi connectivity index (χ2v) is 27.8. The number of carbonyl (C=O) groups excluding carboxylic acids is 2. The van der Waals surface area contributed by atoms with Crippen molar-refractivity contribution in [2.24, 2.45) is 5.41 Å². The summed E-state index contributed by atoms with van der Waals surface area (Å²) in [5.41, 5.74) is 10.5. The number of benzene rings is 3. The lowest BCUT2D eigenvalue weighted by molar-refractivity contribution is -0.147. The van der Waals surface area contributed by atoms with E-state index in [1.54, 1.807) is 34.1 Å². The Bertz CT molecular complexity index is 2690. The van der Waals surface area contributed by atoms with E-state index in [0.29, 0.717) is 43.9 Å². The number of aliphatic hydroxyl groups excluding tert-OH is 1. The average molecular weight is 1020 g/mol. The van der Waals surface area contributed by atoms with Crippen LogP contribution in [0.4, 0.5) is 4.79 Å². The first-order chi connectivity index (χ1) is 34.4. The number of carboxylic acids is 1. The zero-order chi connectivity index (χ0) is 53.6. The highest BCUT2D eigenvalue weighted by Crippen LogP contribution is 2.46. The number of aliphatic hydroxyl groups is 1. The van der Waals surface area contributed by atoms with Gasteiger partial charge in [-0.1, -0.05) is 97.9 Å². The van der Waals surface area contributed by atoms with Gasteiger partial charge in [-0.25, -0.2) is 10.2 Å². The molecule has 0 bridgehead atoms. The summed E-state index contributed by atoms with van der Waals surface area (Å²) in [5, 5.41) is 25.9. The quantitative estimate of drug-likeness (QED) is 0.0515. The number of alkyl carbamates (subject to hydrolysis) is 1. The molecule has 2 aromatic heterocycles. The van der Waals surface area contributed by atoms with Crippen LogP contribution in [0.25, 0.3) is 33.3 Å². The summed E-state index contributed by atoms with van der Waals surface area (Å²) < 4.78 is 27.8. The van der Waals surface area contributed by atoms with E-state index >= 15 is 0 Å². The smallest absolute Gasteiger partial charge is 0.408 e. The highest BCUT2D eigenvalue weighted by atomic mass is 28.4. The molecular weight excluding hydrogens is 939 g/mol. The van der Waals surface area contributed by atoms with Gasteiger partial charge < -0.3 is 38.7 Å². The molecule has 3 atom stereocenters. The molecule has 396 valence electrons. The molecule has 1 saturated heterocycles. The number of aliphatic carboxylic acids is 1. The molecule has 6 rings (SSSR count). The van der Waals surface area contributed by atoms with Crippen LogP contribution in [0.1, 0.15) is 131 Å². The number of carbonyl (C=O) groups is 3. The Morgan fingerprint density at radius 3 is 2.16 bits per heavy atom. The van der Waals surface area contributed by atoms with Crippen LogP contribution < -0.4 is 19.9 Å². The molecule has 3 heterocycles. The number of rotatable bonds is 21. The van der Waals surface area contributed by atoms with Crippen molar-refractivity contribution < 1.29 is 43.2 Å². The minimum atomic E-state index is -2.54. The average Bonchev–Trinajstić information content (AvgIpc) is 3.64. The molecule has 73 heavy (non-hydrogen) atoms. The van der Waals surface area contributed by atoms with Gasteiger partial charge in [-0.15, -0.1) is 0 Å². The molecule has 0 saturated carbocycles. The van der Waals surface area contributed by atoms with Crippen molar-refractivity contribution in [3.8, 4) is 33.9 Å². The van der Waals surface area contributed by atoms with E-state index < -0.39 is 49.4 Å². The summed E-state index contributed by atoms with van der Waals surface area (Å²) in [6, 6.07) is 22.6. The van der Waals surface area contributed by atoms with Crippen molar-refractivity contribution in [2.75, 3.05) is 20.3 Å². The van der Waals surface area contributed by atoms with Crippen LogP contribution in [-0.2, 0) is 45.1 Å². The number of amides is 2. The van der Waals surface area contributed by atoms with Crippen molar-refractivity contribution in [3.63, 3.8) is 0 Å². The highest BCUT2D eigenvalue weighted by Gasteiger charge is 2.47. The highest BCUT2D eigenvalue weighted by molar-refractivity contribution is 6.78. The van der Waals surface area contributed by atoms with Gasteiger partial charge in [0.15, 0.2) is 0 Å². The minimum Gasteiger partial charge on any atom is -0.543 e. The third kappa shape index (κ3) is 13.3. The third-order valence-corrected chi connectivity index (χ3v) is 20.2. The van der Waals surface area contributed by atoms with Gasteiger partial charge in [0.05, 0.1) is 23.7 Å². The Morgan fingerprint density at radius 2 is 1.56 bits per heavy atom. The molecule has 15 heteroatoms. The lowest BCUT2D eigenvalue weighted by Crippen LogP contribution is -2.60. The van der Waals surface area contributed by atoms with Gasteiger partial charge in [0.25, 0.3) is 14.2 Å². The number of hydrogen-bond acceptors (Lipinski definition) is 10. The van der Waals surface area contributed by atoms with Crippen molar-refractivity contribution >= 4 is 37.2 Å². The molecule has 1 aliphatic rings. The number of aromatic nitrogens is 2. The molecule has 0 radical (unpaired) electrons. The molecule has 14 nitrogen and oxygen atoms in total. The van der Waals surface area contributed by atoms with E-state index in [0.717, 1.165) is 55.7 Å². The fraction of sp³-hybridized carbons (Fsp3) is 0.517. The number of pyridine rings is 1. The molecule has 0 aliphatic carbocycles. The lowest BCUT2D eigenvalue weighted by Gasteiger charge is -2.42. The Balaban J connectivity index is 1.57. The number of hydrazine groups is 1. The number of carboxylic acid groups (broad SMARTS) is 1. The SMILES string of the molecule is CCn1c(-c2cc(OCc3ccccc3)cnc2[C@H](C)OC)c(CC(C)(C)CO)c2cc(-c3cc(C[C@H](NC(=O)OC(C)(C)C)C(=O)N4CCC[C@@H](C(=O)O)N4)cc(O[Si](C(C)C)(C(C)C)C(C)C)c3)ccc21. The number of aryl methyl sites for hydroxylation is 1. The van der Waals surface area contributed by atoms with Gasteiger partial charge in [-0.05, 0) is 134 Å². The van der Waals surface area contributed by atoms with Gasteiger partial charge in [-0.3, -0.25) is 19.6 Å². The molecule has 2 amide bonds. The van der Waals surface area contributed by atoms with Crippen LogP contribution in [0, 0.1) is 5.41 Å². The van der Waals surface area contributed by atoms with Crippen LogP contribution in [0.2, 0.25) is 16.6 Å². The van der Waals surface area contributed by atoms with Crippen molar-refractivity contribution in [3.05, 3.63) is 101 Å². The molecule has 1 fully saturated rings. The Labute approximate surface area is 434 Å². The molecule has 5 aromatic rings. The summed E-state index contributed by atoms with van der Waals surface area (Å²) in [5.74, 6) is -0.236. The molecule has 0 spiro atoms. The number of methoxy groups -OCH3 is 1. The van der Waals surface area contributed by atoms with E-state index in [-0.39, 0.29) is 42.3 Å². The molecule has 3 aromatic carbocycles. The fourth-order valence-electron chi connectivity index (χ4n) is 10.6. The number of nitrogens with zero attached hydrogens (tertiary/aromatic N) is 3. The summed E-state index contributed by atoms with van der Waals surface area (Å²) in [7, 11) is -0.857. The van der Waals surface area contributed by atoms with E-state index in [1.165, 1.54) is 5.01 Å². The number of hydrogen-bond donors (Lipinski definition) is 4. The van der Waals surface area contributed by atoms with E-state index in [1.807, 2.05) is 49.4 Å². The van der Waals surface area contributed by atoms with Gasteiger partial charge in [0, 0.05) is 49.7 Å². The molecule has 1 aliphatic heterocycles. The van der Waals surface area contributed by atoms with Crippen LogP contribution in [0.5, 0.6) is 11.5 Å². The first kappa shape index (κ1) is 56.6. The largest absolute Gasteiger partial charge is 0.543 e. The van der Waals surface area contributed by atoms with Gasteiger partial charge in [0.1, 0.15) is 35.8 Å². The molecular formula is C58H81N5O9Si. The topological polar surface area (TPSA) is 174 Å². The standard InChI is InChI=1S/C58H81N5O9Si/c1-15-62-51-24-23-42(30-46(51)48(32-58(12,13)35-64)53(62)47-31-45(33-59-52(47)39(8)69-14)70-34-40-20-17-16-18-21-40)43-26-41(27-44(29-43)72-73(36(2)3,37(4)5)38(6)7)28-50(60-56(68)71-57(9,10)11)54(65)63-25-19-22-49(61-63)55(66)67/h16-18,20-21,23-24,26-27,29-31,33,36-39,49-50,61,64H,15,19,22,25,28,32,34-35H2,1-14H3,(H,60,68)(H,66,67)/t39-,49-,50-/m0/s1. The predicted molar refractivity (Wildman–Crippen MR) is 291 cm³/mol. The van der Waals surface area contributed by atoms with Crippen LogP contribution in [0.3, 0.4) is 0 Å². The fourth-order valence-corrected chi connectivity index (χ4v) is 15.8. The Morgan fingerprint density at radius 1 is 0.877 bits per heavy atom. The number of ether oxygens (including phenoxy) is 3. The second-order valence-electron chi connectivity index (χ2n) is 22.4. The zero-order valence-electron chi connectivity index (χ0n) is 45.7. The normalized spacial score (nSPS) is 15.5. The molecule has 4 N–H and O–H groups in total. The summed E-state index contributed by atoms with van der Waals surface area (Å²) in [6.07, 6.45) is 2.09. The van der Waals surface area contributed by atoms with Gasteiger partial charge >= 0.3 is 12.1 Å². The van der Waals surface area contributed by atoms with Crippen molar-refractivity contribution in [1.29, 1.82) is 0 Å². The van der Waals surface area contributed by atoms with Gasteiger partial charge in [0.2, 0.25) is 0 Å². The monoisotopic (exact) mass is 1020 g/mol. The maximum atomic E-state index is 14.6. The second kappa shape index (κ2) is 23.6.